The van der Waals surface area contributed by atoms with E-state index in [1.165, 1.54) is 4.90 Å². The van der Waals surface area contributed by atoms with Crippen molar-refractivity contribution < 1.29 is 19.5 Å². The van der Waals surface area contributed by atoms with Crippen LogP contribution in [0.4, 0.5) is 0 Å². The highest BCUT2D eigenvalue weighted by molar-refractivity contribution is 6.04. The van der Waals surface area contributed by atoms with E-state index in [0.29, 0.717) is 16.7 Å². The van der Waals surface area contributed by atoms with E-state index in [9.17, 15) is 19.5 Å². The zero-order chi connectivity index (χ0) is 26.9. The molecule has 1 heterocycles. The molecule has 0 radical (unpaired) electrons. The van der Waals surface area contributed by atoms with Crippen LogP contribution in [0.25, 0.3) is 0 Å². The van der Waals surface area contributed by atoms with Gasteiger partial charge in [0, 0.05) is 17.0 Å². The second kappa shape index (κ2) is 10.1. The molecule has 1 saturated heterocycles. The molecule has 190 valence electrons. The van der Waals surface area contributed by atoms with Crippen LogP contribution in [-0.4, -0.2) is 33.2 Å². The van der Waals surface area contributed by atoms with Gasteiger partial charge in [0.05, 0.1) is 12.0 Å². The van der Waals surface area contributed by atoms with Crippen LogP contribution in [0.15, 0.2) is 115 Å². The van der Waals surface area contributed by atoms with E-state index in [4.69, 9.17) is 0 Å². The number of Topliss-reactive ketones (excluding diaryl/α,β-unsaturated/α-hetero) is 1. The van der Waals surface area contributed by atoms with Gasteiger partial charge in [-0.1, -0.05) is 109 Å². The number of carboxylic acid groups (broad SMARTS) is 1. The topological polar surface area (TPSA) is 74.7 Å². The third-order valence-corrected chi connectivity index (χ3v) is 7.69. The van der Waals surface area contributed by atoms with Crippen LogP contribution in [0.3, 0.4) is 0 Å². The lowest BCUT2D eigenvalue weighted by Crippen LogP contribution is -2.54. The molecular weight excluding hydrogens is 474 g/mol. The average Bonchev–Trinajstić information content (AvgIpc) is 3.24. The maximum Gasteiger partial charge on any atom is 0.330 e. The van der Waals surface area contributed by atoms with Gasteiger partial charge < -0.3 is 10.0 Å². The summed E-state index contributed by atoms with van der Waals surface area (Å²) >= 11 is 0. The molecule has 4 unspecified atom stereocenters. The molecule has 1 fully saturated rings. The summed E-state index contributed by atoms with van der Waals surface area (Å²) in [6.07, 6.45) is 0. The van der Waals surface area contributed by atoms with Crippen LogP contribution in [0.2, 0.25) is 0 Å². The fraction of sp³-hybridized carbons (Fsp3) is 0.182. The van der Waals surface area contributed by atoms with Gasteiger partial charge in [0.25, 0.3) is 5.91 Å². The first kappa shape index (κ1) is 25.2. The van der Waals surface area contributed by atoms with Gasteiger partial charge in [-0.2, -0.15) is 0 Å². The third-order valence-electron chi connectivity index (χ3n) is 7.69. The van der Waals surface area contributed by atoms with Gasteiger partial charge in [-0.25, -0.2) is 4.79 Å². The van der Waals surface area contributed by atoms with E-state index < -0.39 is 35.3 Å². The summed E-state index contributed by atoms with van der Waals surface area (Å²) in [5.41, 5.74) is 1.60. The summed E-state index contributed by atoms with van der Waals surface area (Å²) in [4.78, 5) is 43.3. The third kappa shape index (κ3) is 4.20. The Kier molecular flexibility index (Phi) is 6.68. The fourth-order valence-corrected chi connectivity index (χ4v) is 5.83. The van der Waals surface area contributed by atoms with E-state index in [1.807, 2.05) is 73.7 Å². The van der Waals surface area contributed by atoms with Crippen molar-refractivity contribution in [3.05, 3.63) is 143 Å². The lowest BCUT2D eigenvalue weighted by molar-refractivity contribution is -0.148. The second-order valence-corrected chi connectivity index (χ2v) is 9.99. The van der Waals surface area contributed by atoms with E-state index in [2.05, 4.69) is 0 Å². The first-order valence-electron chi connectivity index (χ1n) is 12.7. The molecule has 1 aliphatic heterocycles. The van der Waals surface area contributed by atoms with Crippen molar-refractivity contribution in [3.63, 3.8) is 0 Å². The van der Waals surface area contributed by atoms with E-state index in [-0.39, 0.29) is 5.78 Å². The predicted octanol–water partition coefficient (Wildman–Crippen LogP) is 6.32. The Labute approximate surface area is 222 Å². The summed E-state index contributed by atoms with van der Waals surface area (Å²) < 4.78 is 0. The zero-order valence-corrected chi connectivity index (χ0v) is 21.3. The molecule has 5 heteroatoms. The van der Waals surface area contributed by atoms with Crippen molar-refractivity contribution in [2.24, 2.45) is 5.92 Å². The average molecular weight is 504 g/mol. The quantitative estimate of drug-likeness (QED) is 0.313. The van der Waals surface area contributed by atoms with Crippen molar-refractivity contribution in [2.45, 2.75) is 31.3 Å². The molecule has 4 atom stereocenters. The summed E-state index contributed by atoms with van der Waals surface area (Å²) in [5.74, 6) is -3.41. The number of aryl methyl sites for hydroxylation is 1. The summed E-state index contributed by atoms with van der Waals surface area (Å²) in [7, 11) is 0. The van der Waals surface area contributed by atoms with Gasteiger partial charge >= 0.3 is 5.97 Å². The molecule has 1 N–H and O–H groups in total. The highest BCUT2D eigenvalue weighted by Gasteiger charge is 2.64. The van der Waals surface area contributed by atoms with Crippen LogP contribution in [0, 0.1) is 12.8 Å². The number of hydrogen-bond acceptors (Lipinski definition) is 3. The molecular formula is C33H29NO4. The maximum atomic E-state index is 14.4. The molecule has 0 saturated carbocycles. The second-order valence-electron chi connectivity index (χ2n) is 9.99. The fourth-order valence-electron chi connectivity index (χ4n) is 5.83. The largest absolute Gasteiger partial charge is 0.479 e. The smallest absolute Gasteiger partial charge is 0.330 e. The molecule has 0 bridgehead atoms. The van der Waals surface area contributed by atoms with Gasteiger partial charge in [0.15, 0.2) is 5.78 Å². The highest BCUT2D eigenvalue weighted by Crippen LogP contribution is 2.57. The molecule has 0 aromatic heterocycles. The van der Waals surface area contributed by atoms with Crippen LogP contribution in [-0.2, 0) is 4.79 Å². The lowest BCUT2D eigenvalue weighted by Gasteiger charge is -2.38. The molecule has 4 aromatic rings. The zero-order valence-electron chi connectivity index (χ0n) is 21.3. The summed E-state index contributed by atoms with van der Waals surface area (Å²) in [5, 5.41) is 10.8. The molecule has 5 nitrogen and oxygen atoms in total. The van der Waals surface area contributed by atoms with Gasteiger partial charge in [0.2, 0.25) is 0 Å². The SMILES string of the molecule is Cc1ccc(C2C(C(=O)c3ccccc3)C(c3ccccc3)C(C)(C(=O)O)N2C(=O)c2ccccc2)cc1. The van der Waals surface area contributed by atoms with Crippen LogP contribution < -0.4 is 0 Å². The molecule has 5 rings (SSSR count). The number of carboxylic acids is 1. The summed E-state index contributed by atoms with van der Waals surface area (Å²) in [6, 6.07) is 33.7. The van der Waals surface area contributed by atoms with E-state index >= 15 is 0 Å². The van der Waals surface area contributed by atoms with Crippen LogP contribution >= 0.6 is 0 Å². The molecule has 4 aromatic carbocycles. The normalized spacial score (nSPS) is 22.7. The van der Waals surface area contributed by atoms with Crippen molar-refractivity contribution in [3.8, 4) is 0 Å². The molecule has 1 aliphatic rings. The Morgan fingerprint density at radius 1 is 0.684 bits per heavy atom. The van der Waals surface area contributed by atoms with Crippen molar-refractivity contribution in [1.29, 1.82) is 0 Å². The Balaban J connectivity index is 1.82. The van der Waals surface area contributed by atoms with Gasteiger partial charge in [-0.3, -0.25) is 9.59 Å². The first-order chi connectivity index (χ1) is 18.3. The van der Waals surface area contributed by atoms with Crippen molar-refractivity contribution >= 4 is 17.7 Å². The number of rotatable bonds is 6. The van der Waals surface area contributed by atoms with Crippen molar-refractivity contribution in [2.75, 3.05) is 0 Å². The minimum Gasteiger partial charge on any atom is -0.479 e. The Morgan fingerprint density at radius 3 is 1.71 bits per heavy atom. The van der Waals surface area contributed by atoms with Gasteiger partial charge in [-0.15, -0.1) is 0 Å². The number of nitrogens with zero attached hydrogens (tertiary/aromatic N) is 1. The number of carbonyl (C=O) groups excluding carboxylic acids is 2. The number of ketones is 1. The first-order valence-corrected chi connectivity index (χ1v) is 12.7. The highest BCUT2D eigenvalue weighted by atomic mass is 16.4. The number of amides is 1. The number of aliphatic carboxylic acids is 1. The predicted molar refractivity (Wildman–Crippen MR) is 146 cm³/mol. The monoisotopic (exact) mass is 503 g/mol. The van der Waals surface area contributed by atoms with Crippen molar-refractivity contribution in [1.82, 2.24) is 4.90 Å². The van der Waals surface area contributed by atoms with Gasteiger partial charge in [-0.05, 0) is 37.1 Å². The molecule has 0 aliphatic carbocycles. The minimum absolute atomic E-state index is 0.194. The van der Waals surface area contributed by atoms with E-state index in [0.717, 1.165) is 11.1 Å². The molecule has 38 heavy (non-hydrogen) atoms. The van der Waals surface area contributed by atoms with E-state index in [1.54, 1.807) is 55.5 Å². The lowest BCUT2D eigenvalue weighted by atomic mass is 9.71. The number of likely N-dealkylation sites (tertiary alicyclic amines) is 1. The Morgan fingerprint density at radius 2 is 1.18 bits per heavy atom. The maximum absolute atomic E-state index is 14.4. The molecule has 1 amide bonds. The number of hydrogen-bond donors (Lipinski definition) is 1. The van der Waals surface area contributed by atoms with Gasteiger partial charge in [0.1, 0.15) is 5.54 Å². The minimum atomic E-state index is -1.71. The number of carbonyl (C=O) groups is 3. The molecule has 0 spiro atoms. The Bertz CT molecular complexity index is 1450. The standard InChI is InChI=1S/C33H29NO4/c1-22-18-20-24(21-19-22)29-27(30(35)25-14-8-4-9-15-25)28(23-12-6-3-7-13-23)33(2,32(37)38)34(29)31(36)26-16-10-5-11-17-26/h3-21,27-29H,1-2H3,(H,37,38). The summed E-state index contributed by atoms with van der Waals surface area (Å²) in [6.45, 7) is 3.54. The number of benzene rings is 4. The van der Waals surface area contributed by atoms with Crippen LogP contribution in [0.1, 0.15) is 56.3 Å². The van der Waals surface area contributed by atoms with Crippen LogP contribution in [0.5, 0.6) is 0 Å². The Hall–Kier alpha value is -4.51.